The fraction of sp³-hybridized carbons (Fsp3) is 0.500. The van der Waals surface area contributed by atoms with Gasteiger partial charge in [0.05, 0.1) is 24.0 Å². The van der Waals surface area contributed by atoms with E-state index in [4.69, 9.17) is 0 Å². The van der Waals surface area contributed by atoms with Gasteiger partial charge in [-0.25, -0.2) is 9.97 Å². The molecule has 5 heteroatoms. The second-order valence-corrected chi connectivity index (χ2v) is 4.75. The van der Waals surface area contributed by atoms with Crippen molar-refractivity contribution in [3.63, 3.8) is 0 Å². The Morgan fingerprint density at radius 3 is 2.76 bits per heavy atom. The number of aliphatic imine (C=N–C) groups is 1. The van der Waals surface area contributed by atoms with E-state index in [0.29, 0.717) is 5.95 Å². The van der Waals surface area contributed by atoms with Crippen molar-refractivity contribution in [2.24, 2.45) is 4.99 Å². The summed E-state index contributed by atoms with van der Waals surface area (Å²) in [7, 11) is 0. The van der Waals surface area contributed by atoms with Crippen molar-refractivity contribution in [3.05, 3.63) is 17.5 Å². The van der Waals surface area contributed by atoms with Gasteiger partial charge in [-0.3, -0.25) is 9.89 Å². The van der Waals surface area contributed by atoms with E-state index < -0.39 is 5.41 Å². The number of anilines is 1. The molecule has 2 heterocycles. The maximum Gasteiger partial charge on any atom is 0.231 e. The van der Waals surface area contributed by atoms with Gasteiger partial charge in [-0.15, -0.1) is 0 Å². The highest BCUT2D eigenvalue weighted by atomic mass is 16.1. The summed E-state index contributed by atoms with van der Waals surface area (Å²) in [5.41, 5.74) is 1.02. The third-order valence-corrected chi connectivity index (χ3v) is 2.75. The zero-order chi connectivity index (χ0) is 12.5. The molecule has 0 bridgehead atoms. The summed E-state index contributed by atoms with van der Waals surface area (Å²) in [6, 6.07) is 1.85. The normalized spacial score (nSPS) is 15.4. The lowest BCUT2D eigenvalue weighted by Crippen LogP contribution is -2.26. The Bertz CT molecular complexity index is 468. The third kappa shape index (κ3) is 2.33. The summed E-state index contributed by atoms with van der Waals surface area (Å²) in [5.74, 6) is 0.621. The average Bonchev–Trinajstić information content (AvgIpc) is 2.81. The van der Waals surface area contributed by atoms with E-state index in [2.05, 4.69) is 15.0 Å². The van der Waals surface area contributed by atoms with Crippen molar-refractivity contribution in [1.82, 2.24) is 9.97 Å². The molecule has 1 aliphatic heterocycles. The summed E-state index contributed by atoms with van der Waals surface area (Å²) in [5, 5.41) is 0. The van der Waals surface area contributed by atoms with Gasteiger partial charge in [-0.2, -0.15) is 0 Å². The average molecular weight is 232 g/mol. The molecule has 0 atom stereocenters. The minimum absolute atomic E-state index is 0.584. The van der Waals surface area contributed by atoms with Crippen LogP contribution in [0.5, 0.6) is 0 Å². The van der Waals surface area contributed by atoms with Gasteiger partial charge in [-0.1, -0.05) is 0 Å². The molecule has 0 spiro atoms. The molecule has 1 aromatic heterocycles. The lowest BCUT2D eigenvalue weighted by molar-refractivity contribution is -0.111. The highest BCUT2D eigenvalue weighted by Gasteiger charge is 2.23. The van der Waals surface area contributed by atoms with Gasteiger partial charge < -0.3 is 4.79 Å². The van der Waals surface area contributed by atoms with Gasteiger partial charge in [-0.05, 0) is 26.8 Å². The summed E-state index contributed by atoms with van der Waals surface area (Å²) < 4.78 is 0. The zero-order valence-corrected chi connectivity index (χ0v) is 10.3. The van der Waals surface area contributed by atoms with Crippen molar-refractivity contribution in [2.45, 2.75) is 26.2 Å². The minimum Gasteiger partial charge on any atom is -0.302 e. The molecule has 0 saturated heterocycles. The van der Waals surface area contributed by atoms with Crippen LogP contribution in [0.1, 0.15) is 25.2 Å². The predicted octanol–water partition coefficient (Wildman–Crippen LogP) is 1.11. The van der Waals surface area contributed by atoms with Crippen molar-refractivity contribution < 1.29 is 4.79 Å². The quantitative estimate of drug-likeness (QED) is 0.732. The molecule has 90 valence electrons. The predicted molar refractivity (Wildman–Crippen MR) is 66.6 cm³/mol. The van der Waals surface area contributed by atoms with Crippen LogP contribution in [0.3, 0.4) is 0 Å². The van der Waals surface area contributed by atoms with Gasteiger partial charge in [0, 0.05) is 12.2 Å². The number of rotatable bonds is 3. The molecule has 1 aromatic rings. The number of nitrogens with zero attached hydrogens (tertiary/aromatic N) is 4. The lowest BCUT2D eigenvalue weighted by Gasteiger charge is -2.19. The Balaban J connectivity index is 2.42. The van der Waals surface area contributed by atoms with Gasteiger partial charge in [0.2, 0.25) is 5.95 Å². The maximum absolute atomic E-state index is 11.1. The molecule has 1 aliphatic rings. The highest BCUT2D eigenvalue weighted by Crippen LogP contribution is 2.21. The summed E-state index contributed by atoms with van der Waals surface area (Å²) in [6.07, 6.45) is 2.66. The number of aldehydes is 1. The van der Waals surface area contributed by atoms with Gasteiger partial charge >= 0.3 is 0 Å². The summed E-state index contributed by atoms with van der Waals surface area (Å²) in [6.45, 7) is 7.17. The van der Waals surface area contributed by atoms with Crippen molar-refractivity contribution in [3.8, 4) is 0 Å². The number of carbonyl (C=O) groups is 1. The Morgan fingerprint density at radius 1 is 1.41 bits per heavy atom. The molecular weight excluding hydrogens is 216 g/mol. The molecule has 17 heavy (non-hydrogen) atoms. The molecule has 0 saturated carbocycles. The van der Waals surface area contributed by atoms with E-state index >= 15 is 0 Å². The van der Waals surface area contributed by atoms with Crippen LogP contribution in [-0.4, -0.2) is 35.7 Å². The van der Waals surface area contributed by atoms with Crippen molar-refractivity contribution >= 4 is 18.6 Å². The van der Waals surface area contributed by atoms with E-state index in [1.165, 1.54) is 0 Å². The first kappa shape index (κ1) is 11.7. The zero-order valence-electron chi connectivity index (χ0n) is 10.3. The molecule has 0 unspecified atom stereocenters. The molecular formula is C12H16N4O. The number of hydrogen-bond acceptors (Lipinski definition) is 5. The second-order valence-electron chi connectivity index (χ2n) is 4.75. The monoisotopic (exact) mass is 232 g/mol. The van der Waals surface area contributed by atoms with Crippen LogP contribution in [0.25, 0.3) is 0 Å². The second kappa shape index (κ2) is 4.24. The van der Waals surface area contributed by atoms with E-state index in [9.17, 15) is 4.79 Å². The topological polar surface area (TPSA) is 58.5 Å². The molecule has 0 N–H and O–H groups in total. The first-order valence-corrected chi connectivity index (χ1v) is 5.62. The molecule has 0 amide bonds. The lowest BCUT2D eigenvalue weighted by atomic mass is 9.91. The first-order valence-electron chi connectivity index (χ1n) is 5.62. The van der Waals surface area contributed by atoms with Crippen LogP contribution in [0.2, 0.25) is 0 Å². The Morgan fingerprint density at radius 2 is 2.18 bits per heavy atom. The van der Waals surface area contributed by atoms with Gasteiger partial charge in [0.15, 0.2) is 0 Å². The molecule has 0 aromatic carbocycles. The first-order chi connectivity index (χ1) is 8.03. The number of carbonyl (C=O) groups excluding carboxylic acids is 1. The Labute approximate surface area is 101 Å². The van der Waals surface area contributed by atoms with E-state index in [1.54, 1.807) is 6.34 Å². The number of aromatic nitrogens is 2. The number of aryl methyl sites for hydroxylation is 1. The number of hydrogen-bond donors (Lipinski definition) is 0. The fourth-order valence-electron chi connectivity index (χ4n) is 1.60. The van der Waals surface area contributed by atoms with Gasteiger partial charge in [0.25, 0.3) is 0 Å². The van der Waals surface area contributed by atoms with Crippen molar-refractivity contribution in [2.75, 3.05) is 18.0 Å². The summed E-state index contributed by atoms with van der Waals surface area (Å²) in [4.78, 5) is 25.9. The summed E-state index contributed by atoms with van der Waals surface area (Å²) >= 11 is 0. The van der Waals surface area contributed by atoms with Crippen LogP contribution in [0.15, 0.2) is 11.1 Å². The Hall–Kier alpha value is -1.78. The molecule has 0 aliphatic carbocycles. The van der Waals surface area contributed by atoms with Crippen LogP contribution in [-0.2, 0) is 10.2 Å². The van der Waals surface area contributed by atoms with Crippen LogP contribution >= 0.6 is 0 Å². The molecule has 0 fully saturated rings. The smallest absolute Gasteiger partial charge is 0.231 e. The van der Waals surface area contributed by atoms with Crippen LogP contribution in [0.4, 0.5) is 5.95 Å². The fourth-order valence-corrected chi connectivity index (χ4v) is 1.60. The highest BCUT2D eigenvalue weighted by molar-refractivity contribution is 5.78. The molecule has 0 radical (unpaired) electrons. The van der Waals surface area contributed by atoms with Gasteiger partial charge in [0.1, 0.15) is 6.29 Å². The van der Waals surface area contributed by atoms with E-state index in [-0.39, 0.29) is 0 Å². The van der Waals surface area contributed by atoms with Crippen LogP contribution < -0.4 is 4.90 Å². The molecule has 5 nitrogen and oxygen atoms in total. The van der Waals surface area contributed by atoms with Crippen molar-refractivity contribution in [1.29, 1.82) is 0 Å². The standard InChI is InChI=1S/C12H16N4O/c1-9-6-10(12(2,3)7-17)15-11(14-9)16-5-4-13-8-16/h6-8H,4-5H2,1-3H3. The largest absolute Gasteiger partial charge is 0.302 e. The molecule has 2 rings (SSSR count). The maximum atomic E-state index is 11.1. The van der Waals surface area contributed by atoms with E-state index in [1.807, 2.05) is 31.7 Å². The van der Waals surface area contributed by atoms with E-state index in [0.717, 1.165) is 30.8 Å². The minimum atomic E-state index is -0.584. The van der Waals surface area contributed by atoms with Crippen LogP contribution in [0, 0.1) is 6.92 Å². The third-order valence-electron chi connectivity index (χ3n) is 2.75. The SMILES string of the molecule is Cc1cc(C(C)(C)C=O)nc(N2C=NCC2)n1. The Kier molecular flexibility index (Phi) is 2.92.